The Morgan fingerprint density at radius 2 is 1.97 bits per heavy atom. The third-order valence-corrected chi connectivity index (χ3v) is 4.25. The SMILES string of the molecule is COc1ccc(Cl)cc1/C(N)=N/OC(=O)c1ccn(COc2ccccc2Cl)n1. The van der Waals surface area contributed by atoms with E-state index in [1.165, 1.54) is 17.9 Å². The van der Waals surface area contributed by atoms with Crippen molar-refractivity contribution in [2.24, 2.45) is 10.9 Å². The summed E-state index contributed by atoms with van der Waals surface area (Å²) in [6.45, 7) is 0.0577. The predicted molar refractivity (Wildman–Crippen MR) is 108 cm³/mol. The van der Waals surface area contributed by atoms with Crippen molar-refractivity contribution >= 4 is 35.0 Å². The van der Waals surface area contributed by atoms with Gasteiger partial charge in [0, 0.05) is 11.2 Å². The number of rotatable bonds is 7. The van der Waals surface area contributed by atoms with E-state index in [0.717, 1.165) is 0 Å². The number of hydrogen-bond donors (Lipinski definition) is 1. The molecule has 1 aromatic heterocycles. The largest absolute Gasteiger partial charge is 0.496 e. The van der Waals surface area contributed by atoms with Crippen molar-refractivity contribution in [1.82, 2.24) is 9.78 Å². The molecule has 0 atom stereocenters. The maximum Gasteiger partial charge on any atom is 0.385 e. The van der Waals surface area contributed by atoms with Gasteiger partial charge in [-0.25, -0.2) is 9.48 Å². The Balaban J connectivity index is 1.64. The molecule has 1 heterocycles. The molecule has 0 aliphatic carbocycles. The second-order valence-corrected chi connectivity index (χ2v) is 6.49. The van der Waals surface area contributed by atoms with Crippen molar-refractivity contribution in [2.75, 3.05) is 7.11 Å². The minimum Gasteiger partial charge on any atom is -0.496 e. The third kappa shape index (κ3) is 5.18. The molecule has 8 nitrogen and oxygen atoms in total. The van der Waals surface area contributed by atoms with Gasteiger partial charge in [0.25, 0.3) is 0 Å². The lowest BCUT2D eigenvalue weighted by molar-refractivity contribution is 0.0507. The first-order valence-corrected chi connectivity index (χ1v) is 9.03. The number of amidine groups is 1. The molecule has 0 saturated heterocycles. The number of oxime groups is 1. The molecule has 0 aliphatic rings. The van der Waals surface area contributed by atoms with Gasteiger partial charge in [-0.15, -0.1) is 0 Å². The molecule has 3 rings (SSSR count). The van der Waals surface area contributed by atoms with Crippen LogP contribution in [0, 0.1) is 0 Å². The summed E-state index contributed by atoms with van der Waals surface area (Å²) in [6, 6.07) is 13.3. The quantitative estimate of drug-likeness (QED) is 0.263. The average Bonchev–Trinajstić information content (AvgIpc) is 3.20. The number of halogens is 2. The van der Waals surface area contributed by atoms with E-state index >= 15 is 0 Å². The summed E-state index contributed by atoms with van der Waals surface area (Å²) >= 11 is 12.0. The summed E-state index contributed by atoms with van der Waals surface area (Å²) in [7, 11) is 1.48. The highest BCUT2D eigenvalue weighted by atomic mass is 35.5. The van der Waals surface area contributed by atoms with Gasteiger partial charge in [0.1, 0.15) is 11.5 Å². The van der Waals surface area contributed by atoms with Gasteiger partial charge < -0.3 is 20.0 Å². The van der Waals surface area contributed by atoms with Gasteiger partial charge in [0.15, 0.2) is 18.3 Å². The zero-order valence-corrected chi connectivity index (χ0v) is 16.7. The molecule has 0 unspecified atom stereocenters. The van der Waals surface area contributed by atoms with Crippen molar-refractivity contribution in [3.05, 3.63) is 76.0 Å². The van der Waals surface area contributed by atoms with Crippen LogP contribution in [0.5, 0.6) is 11.5 Å². The lowest BCUT2D eigenvalue weighted by atomic mass is 10.2. The fourth-order valence-electron chi connectivity index (χ4n) is 2.31. The number of nitrogens with zero attached hydrogens (tertiary/aromatic N) is 3. The highest BCUT2D eigenvalue weighted by molar-refractivity contribution is 6.32. The number of carbonyl (C=O) groups excluding carboxylic acids is 1. The van der Waals surface area contributed by atoms with Crippen LogP contribution in [0.2, 0.25) is 10.0 Å². The van der Waals surface area contributed by atoms with Crippen LogP contribution in [0.25, 0.3) is 0 Å². The van der Waals surface area contributed by atoms with E-state index < -0.39 is 5.97 Å². The summed E-state index contributed by atoms with van der Waals surface area (Å²) in [4.78, 5) is 17.0. The minimum atomic E-state index is -0.787. The van der Waals surface area contributed by atoms with Gasteiger partial charge in [-0.3, -0.25) is 0 Å². The third-order valence-electron chi connectivity index (χ3n) is 3.70. The lowest BCUT2D eigenvalue weighted by Crippen LogP contribution is -2.16. The van der Waals surface area contributed by atoms with E-state index in [4.69, 9.17) is 43.2 Å². The monoisotopic (exact) mass is 434 g/mol. The molecule has 0 saturated carbocycles. The molecule has 0 aliphatic heterocycles. The Hall–Kier alpha value is -3.23. The summed E-state index contributed by atoms with van der Waals surface area (Å²) in [5.41, 5.74) is 6.30. The molecular formula is C19H16Cl2N4O4. The van der Waals surface area contributed by atoms with Crippen molar-refractivity contribution in [3.8, 4) is 11.5 Å². The topological polar surface area (TPSA) is 101 Å². The minimum absolute atomic E-state index is 0.0300. The molecule has 10 heteroatoms. The van der Waals surface area contributed by atoms with E-state index in [-0.39, 0.29) is 18.3 Å². The second kappa shape index (κ2) is 9.31. The first-order valence-electron chi connectivity index (χ1n) is 8.27. The predicted octanol–water partition coefficient (Wildman–Crippen LogP) is 3.71. The fourth-order valence-corrected chi connectivity index (χ4v) is 2.67. The van der Waals surface area contributed by atoms with Crippen LogP contribution >= 0.6 is 23.2 Å². The van der Waals surface area contributed by atoms with Crippen LogP contribution in [0.1, 0.15) is 16.1 Å². The highest BCUT2D eigenvalue weighted by Crippen LogP contribution is 2.24. The molecule has 29 heavy (non-hydrogen) atoms. The number of aromatic nitrogens is 2. The number of nitrogens with two attached hydrogens (primary N) is 1. The molecule has 0 bridgehead atoms. The molecular weight excluding hydrogens is 419 g/mol. The summed E-state index contributed by atoms with van der Waals surface area (Å²) in [6.07, 6.45) is 1.56. The van der Waals surface area contributed by atoms with Gasteiger partial charge in [0.2, 0.25) is 0 Å². The molecule has 0 amide bonds. The zero-order chi connectivity index (χ0) is 20.8. The van der Waals surface area contributed by atoms with Crippen molar-refractivity contribution in [1.29, 1.82) is 0 Å². The summed E-state index contributed by atoms with van der Waals surface area (Å²) in [5.74, 6) is 0.0824. The Labute approximate surface area is 176 Å². The van der Waals surface area contributed by atoms with Gasteiger partial charge in [-0.1, -0.05) is 40.5 Å². The first-order chi connectivity index (χ1) is 14.0. The van der Waals surface area contributed by atoms with E-state index in [2.05, 4.69) is 10.3 Å². The molecule has 2 N–H and O–H groups in total. The molecule has 0 fully saturated rings. The average molecular weight is 435 g/mol. The lowest BCUT2D eigenvalue weighted by Gasteiger charge is -2.08. The molecule has 0 radical (unpaired) electrons. The molecule has 0 spiro atoms. The number of benzene rings is 2. The second-order valence-electron chi connectivity index (χ2n) is 5.64. The van der Waals surface area contributed by atoms with Crippen LogP contribution in [-0.2, 0) is 11.6 Å². The Bertz CT molecular complexity index is 1050. The standard InChI is InChI=1S/C19H16Cl2N4O4/c1-27-16-7-6-12(20)10-13(16)18(22)24-29-19(26)15-8-9-25(23-15)11-28-17-5-3-2-4-14(17)21/h2-10H,11H2,1H3,(H2,22,24). The Morgan fingerprint density at radius 1 is 1.17 bits per heavy atom. The van der Waals surface area contributed by atoms with Crippen LogP contribution in [0.4, 0.5) is 0 Å². The van der Waals surface area contributed by atoms with Crippen LogP contribution in [0.15, 0.2) is 59.9 Å². The Morgan fingerprint density at radius 3 is 2.72 bits per heavy atom. The van der Waals surface area contributed by atoms with Crippen molar-refractivity contribution < 1.29 is 19.1 Å². The fraction of sp³-hybridized carbons (Fsp3) is 0.105. The number of hydrogen-bond acceptors (Lipinski definition) is 6. The van der Waals surface area contributed by atoms with Crippen LogP contribution in [-0.4, -0.2) is 28.7 Å². The first kappa shape index (κ1) is 20.5. The van der Waals surface area contributed by atoms with E-state index in [9.17, 15) is 4.79 Å². The van der Waals surface area contributed by atoms with Gasteiger partial charge >= 0.3 is 5.97 Å². The molecule has 150 valence electrons. The van der Waals surface area contributed by atoms with Gasteiger partial charge in [-0.05, 0) is 36.4 Å². The van der Waals surface area contributed by atoms with Gasteiger partial charge in [-0.2, -0.15) is 5.10 Å². The molecule has 2 aromatic carbocycles. The summed E-state index contributed by atoms with van der Waals surface area (Å²) < 4.78 is 12.1. The van der Waals surface area contributed by atoms with E-state index in [0.29, 0.717) is 27.1 Å². The van der Waals surface area contributed by atoms with Crippen LogP contribution < -0.4 is 15.2 Å². The number of para-hydroxylation sites is 1. The number of ether oxygens (including phenoxy) is 2. The van der Waals surface area contributed by atoms with Crippen molar-refractivity contribution in [3.63, 3.8) is 0 Å². The van der Waals surface area contributed by atoms with E-state index in [1.807, 2.05) is 0 Å². The Kier molecular flexibility index (Phi) is 6.58. The normalized spacial score (nSPS) is 11.2. The zero-order valence-electron chi connectivity index (χ0n) is 15.2. The maximum absolute atomic E-state index is 12.2. The van der Waals surface area contributed by atoms with Crippen LogP contribution in [0.3, 0.4) is 0 Å². The van der Waals surface area contributed by atoms with E-state index in [1.54, 1.807) is 48.7 Å². The highest BCUT2D eigenvalue weighted by Gasteiger charge is 2.14. The number of carbonyl (C=O) groups is 1. The molecule has 3 aromatic rings. The smallest absolute Gasteiger partial charge is 0.385 e. The maximum atomic E-state index is 12.2. The van der Waals surface area contributed by atoms with Crippen molar-refractivity contribution in [2.45, 2.75) is 6.73 Å². The summed E-state index contributed by atoms with van der Waals surface area (Å²) in [5, 5.41) is 8.62. The van der Waals surface area contributed by atoms with Gasteiger partial charge in [0.05, 0.1) is 17.7 Å². The number of methoxy groups -OCH3 is 1.